The SMILES string of the molecule is Cc1c(F)cc(C(N)CCO)c(F)c1F. The van der Waals surface area contributed by atoms with Crippen molar-refractivity contribution in [2.45, 2.75) is 19.4 Å². The molecule has 0 radical (unpaired) electrons. The van der Waals surface area contributed by atoms with E-state index in [1.807, 2.05) is 0 Å². The minimum atomic E-state index is -1.22. The van der Waals surface area contributed by atoms with Crippen LogP contribution < -0.4 is 5.73 Å². The summed E-state index contributed by atoms with van der Waals surface area (Å²) in [6.45, 7) is 0.882. The topological polar surface area (TPSA) is 46.2 Å². The Morgan fingerprint density at radius 1 is 1.33 bits per heavy atom. The summed E-state index contributed by atoms with van der Waals surface area (Å²) < 4.78 is 39.5. The Morgan fingerprint density at radius 2 is 1.93 bits per heavy atom. The van der Waals surface area contributed by atoms with Crippen LogP contribution in [-0.2, 0) is 0 Å². The van der Waals surface area contributed by atoms with Crippen LogP contribution in [0, 0.1) is 24.4 Å². The molecular formula is C10H12F3NO. The highest BCUT2D eigenvalue weighted by Crippen LogP contribution is 2.24. The number of rotatable bonds is 3. The molecule has 0 spiro atoms. The molecule has 0 aliphatic carbocycles. The standard InChI is InChI=1S/C10H12F3NO/c1-5-7(11)4-6(8(14)2-3-15)10(13)9(5)12/h4,8,15H,2-3,14H2,1H3. The van der Waals surface area contributed by atoms with Gasteiger partial charge in [0.15, 0.2) is 11.6 Å². The highest BCUT2D eigenvalue weighted by atomic mass is 19.2. The van der Waals surface area contributed by atoms with Crippen molar-refractivity contribution in [2.24, 2.45) is 5.73 Å². The van der Waals surface area contributed by atoms with Gasteiger partial charge < -0.3 is 10.8 Å². The number of aliphatic hydroxyl groups is 1. The first-order valence-corrected chi connectivity index (χ1v) is 4.49. The van der Waals surface area contributed by atoms with Crippen LogP contribution in [0.15, 0.2) is 6.07 Å². The number of nitrogens with two attached hydrogens (primary N) is 1. The summed E-state index contributed by atoms with van der Waals surface area (Å²) in [5, 5.41) is 8.59. The molecule has 1 atom stereocenters. The van der Waals surface area contributed by atoms with Crippen LogP contribution in [0.3, 0.4) is 0 Å². The monoisotopic (exact) mass is 219 g/mol. The number of halogens is 3. The normalized spacial score (nSPS) is 12.9. The summed E-state index contributed by atoms with van der Waals surface area (Å²) in [5.74, 6) is -3.20. The lowest BCUT2D eigenvalue weighted by atomic mass is 10.0. The average Bonchev–Trinajstić information content (AvgIpc) is 2.20. The first kappa shape index (κ1) is 12.0. The van der Waals surface area contributed by atoms with Crippen molar-refractivity contribution in [2.75, 3.05) is 6.61 Å². The van der Waals surface area contributed by atoms with Crippen molar-refractivity contribution in [3.63, 3.8) is 0 Å². The summed E-state index contributed by atoms with van der Waals surface area (Å²) in [6.07, 6.45) is 0.0544. The highest BCUT2D eigenvalue weighted by molar-refractivity contribution is 5.29. The third-order valence-electron chi connectivity index (χ3n) is 2.26. The Labute approximate surface area is 85.5 Å². The van der Waals surface area contributed by atoms with Gasteiger partial charge in [0.25, 0.3) is 0 Å². The maximum Gasteiger partial charge on any atom is 0.164 e. The van der Waals surface area contributed by atoms with E-state index in [-0.39, 0.29) is 24.2 Å². The molecule has 0 aromatic heterocycles. The Bertz CT molecular complexity index is 368. The van der Waals surface area contributed by atoms with E-state index in [1.54, 1.807) is 0 Å². The molecule has 0 saturated heterocycles. The predicted molar refractivity (Wildman–Crippen MR) is 49.7 cm³/mol. The summed E-state index contributed by atoms with van der Waals surface area (Å²) >= 11 is 0. The van der Waals surface area contributed by atoms with E-state index >= 15 is 0 Å². The van der Waals surface area contributed by atoms with E-state index in [9.17, 15) is 13.2 Å². The van der Waals surface area contributed by atoms with Gasteiger partial charge in [0.2, 0.25) is 0 Å². The summed E-state index contributed by atoms with van der Waals surface area (Å²) in [6, 6.07) is -0.0340. The molecule has 1 aromatic rings. The zero-order valence-corrected chi connectivity index (χ0v) is 8.23. The lowest BCUT2D eigenvalue weighted by Crippen LogP contribution is -2.15. The van der Waals surface area contributed by atoms with Gasteiger partial charge in [-0.2, -0.15) is 0 Å². The Balaban J connectivity index is 3.19. The number of hydrogen-bond acceptors (Lipinski definition) is 2. The zero-order valence-electron chi connectivity index (χ0n) is 8.23. The smallest absolute Gasteiger partial charge is 0.164 e. The van der Waals surface area contributed by atoms with Crippen LogP contribution in [0.2, 0.25) is 0 Å². The molecular weight excluding hydrogens is 207 g/mol. The zero-order chi connectivity index (χ0) is 11.6. The summed E-state index contributed by atoms with van der Waals surface area (Å²) in [4.78, 5) is 0. The molecule has 5 heteroatoms. The first-order valence-electron chi connectivity index (χ1n) is 4.49. The molecule has 0 aliphatic rings. The van der Waals surface area contributed by atoms with Gasteiger partial charge >= 0.3 is 0 Å². The molecule has 0 bridgehead atoms. The van der Waals surface area contributed by atoms with E-state index < -0.39 is 23.5 Å². The lowest BCUT2D eigenvalue weighted by molar-refractivity contribution is 0.274. The average molecular weight is 219 g/mol. The van der Waals surface area contributed by atoms with E-state index in [1.165, 1.54) is 0 Å². The molecule has 0 amide bonds. The molecule has 3 N–H and O–H groups in total. The van der Waals surface area contributed by atoms with Crippen molar-refractivity contribution in [3.8, 4) is 0 Å². The third kappa shape index (κ3) is 2.30. The van der Waals surface area contributed by atoms with E-state index in [4.69, 9.17) is 10.8 Å². The molecule has 15 heavy (non-hydrogen) atoms. The number of benzene rings is 1. The number of hydrogen-bond donors (Lipinski definition) is 2. The van der Waals surface area contributed by atoms with Crippen LogP contribution in [-0.4, -0.2) is 11.7 Å². The van der Waals surface area contributed by atoms with Crippen LogP contribution in [0.1, 0.15) is 23.6 Å². The maximum atomic E-state index is 13.3. The van der Waals surface area contributed by atoms with Crippen molar-refractivity contribution in [3.05, 3.63) is 34.6 Å². The molecule has 1 unspecified atom stereocenters. The van der Waals surface area contributed by atoms with Crippen molar-refractivity contribution in [1.82, 2.24) is 0 Å². The first-order chi connectivity index (χ1) is 6.99. The second kappa shape index (κ2) is 4.63. The van der Waals surface area contributed by atoms with Gasteiger partial charge in [-0.1, -0.05) is 0 Å². The van der Waals surface area contributed by atoms with Gasteiger partial charge in [-0.3, -0.25) is 0 Å². The molecule has 0 aliphatic heterocycles. The molecule has 1 aromatic carbocycles. The van der Waals surface area contributed by atoms with Crippen LogP contribution in [0.5, 0.6) is 0 Å². The minimum Gasteiger partial charge on any atom is -0.396 e. The van der Waals surface area contributed by atoms with E-state index in [0.717, 1.165) is 13.0 Å². The van der Waals surface area contributed by atoms with Gasteiger partial charge in [0.1, 0.15) is 5.82 Å². The van der Waals surface area contributed by atoms with Gasteiger partial charge in [-0.15, -0.1) is 0 Å². The molecule has 0 heterocycles. The second-order valence-electron chi connectivity index (χ2n) is 3.32. The van der Waals surface area contributed by atoms with Gasteiger partial charge in [0.05, 0.1) is 0 Å². The molecule has 1 rings (SSSR count). The van der Waals surface area contributed by atoms with Crippen molar-refractivity contribution in [1.29, 1.82) is 0 Å². The minimum absolute atomic E-state index is 0.0544. The Hall–Kier alpha value is -1.07. The van der Waals surface area contributed by atoms with E-state index in [2.05, 4.69) is 0 Å². The fourth-order valence-corrected chi connectivity index (χ4v) is 1.27. The van der Waals surface area contributed by atoms with Crippen LogP contribution >= 0.6 is 0 Å². The summed E-state index contributed by atoms with van der Waals surface area (Å²) in [7, 11) is 0. The fourth-order valence-electron chi connectivity index (χ4n) is 1.27. The molecule has 0 fully saturated rings. The van der Waals surface area contributed by atoms with Gasteiger partial charge in [-0.05, 0) is 19.4 Å². The quantitative estimate of drug-likeness (QED) is 0.761. The van der Waals surface area contributed by atoms with E-state index in [0.29, 0.717) is 0 Å². The van der Waals surface area contributed by atoms with Crippen LogP contribution in [0.25, 0.3) is 0 Å². The largest absolute Gasteiger partial charge is 0.396 e. The predicted octanol–water partition coefficient (Wildman–Crippen LogP) is 1.79. The number of aliphatic hydroxyl groups excluding tert-OH is 1. The summed E-state index contributed by atoms with van der Waals surface area (Å²) in [5.41, 5.74) is 4.85. The third-order valence-corrected chi connectivity index (χ3v) is 2.26. The maximum absolute atomic E-state index is 13.3. The lowest BCUT2D eigenvalue weighted by Gasteiger charge is -2.13. The Morgan fingerprint density at radius 3 is 2.47 bits per heavy atom. The molecule has 84 valence electrons. The molecule has 2 nitrogen and oxygen atoms in total. The molecule has 0 saturated carbocycles. The van der Waals surface area contributed by atoms with Gasteiger partial charge in [0, 0.05) is 23.8 Å². The Kier molecular flexibility index (Phi) is 3.71. The van der Waals surface area contributed by atoms with Crippen LogP contribution in [0.4, 0.5) is 13.2 Å². The van der Waals surface area contributed by atoms with Gasteiger partial charge in [-0.25, -0.2) is 13.2 Å². The fraction of sp³-hybridized carbons (Fsp3) is 0.400. The second-order valence-corrected chi connectivity index (χ2v) is 3.32. The van der Waals surface area contributed by atoms with Crippen molar-refractivity contribution < 1.29 is 18.3 Å². The van der Waals surface area contributed by atoms with Crippen molar-refractivity contribution >= 4 is 0 Å². The highest BCUT2D eigenvalue weighted by Gasteiger charge is 2.19.